The minimum absolute atomic E-state index is 0.310. The lowest BCUT2D eigenvalue weighted by molar-refractivity contribution is 0.0955. The molecule has 0 fully saturated rings. The van der Waals surface area contributed by atoms with Crippen molar-refractivity contribution in [2.24, 2.45) is 5.10 Å². The largest absolute Gasteiger partial charge is 0.329 e. The summed E-state index contributed by atoms with van der Waals surface area (Å²) in [5, 5.41) is 3.63. The van der Waals surface area contributed by atoms with E-state index in [4.69, 9.17) is 0 Å². The Morgan fingerprint density at radius 1 is 1.28 bits per heavy atom. The first-order chi connectivity index (χ1) is 12.0. The van der Waals surface area contributed by atoms with Gasteiger partial charge in [-0.3, -0.25) is 4.79 Å². The van der Waals surface area contributed by atoms with Gasteiger partial charge in [-0.25, -0.2) is 19.2 Å². The van der Waals surface area contributed by atoms with Crippen LogP contribution in [0.1, 0.15) is 28.7 Å². The summed E-state index contributed by atoms with van der Waals surface area (Å²) < 4.78 is 29.0. The molecule has 0 aliphatic heterocycles. The number of halogens is 2. The first-order valence-electron chi connectivity index (χ1n) is 7.75. The van der Waals surface area contributed by atoms with E-state index in [0.29, 0.717) is 11.1 Å². The molecule has 1 heterocycles. The van der Waals surface area contributed by atoms with Crippen molar-refractivity contribution < 1.29 is 13.6 Å². The summed E-state index contributed by atoms with van der Waals surface area (Å²) >= 11 is 0. The Morgan fingerprint density at radius 3 is 2.68 bits per heavy atom. The van der Waals surface area contributed by atoms with Crippen LogP contribution in [0.15, 0.2) is 41.5 Å². The molecule has 0 radical (unpaired) electrons. The van der Waals surface area contributed by atoms with Crippen molar-refractivity contribution in [3.8, 4) is 0 Å². The molecule has 0 aliphatic rings. The molecule has 1 aromatic heterocycles. The quantitative estimate of drug-likeness (QED) is 0.583. The number of imidazole rings is 1. The van der Waals surface area contributed by atoms with Crippen molar-refractivity contribution in [2.45, 2.75) is 20.4 Å². The molecule has 0 spiro atoms. The van der Waals surface area contributed by atoms with E-state index in [1.807, 2.05) is 24.5 Å². The van der Waals surface area contributed by atoms with E-state index >= 15 is 0 Å². The van der Waals surface area contributed by atoms with E-state index in [9.17, 15) is 13.6 Å². The molecule has 0 saturated heterocycles. The van der Waals surface area contributed by atoms with Crippen molar-refractivity contribution >= 4 is 23.2 Å². The van der Waals surface area contributed by atoms with Crippen LogP contribution in [0, 0.1) is 18.6 Å². The van der Waals surface area contributed by atoms with E-state index in [1.54, 1.807) is 12.1 Å². The Kier molecular flexibility index (Phi) is 4.56. The number of rotatable bonds is 4. The van der Waals surface area contributed by atoms with Crippen LogP contribution in [0.25, 0.3) is 11.0 Å². The monoisotopic (exact) mass is 342 g/mol. The van der Waals surface area contributed by atoms with Gasteiger partial charge in [-0.05, 0) is 44.2 Å². The number of fused-ring (bicyclic) bond motifs is 1. The second kappa shape index (κ2) is 6.80. The Hall–Kier alpha value is -3.09. The van der Waals surface area contributed by atoms with Crippen LogP contribution in [0.3, 0.4) is 0 Å². The fraction of sp³-hybridized carbons (Fsp3) is 0.167. The Bertz CT molecular complexity index is 958. The SMILES string of the molecule is CCn1c(C)nc2cc(C(=O)NN=Cc3c(F)cccc3F)ccc21. The average Bonchev–Trinajstić information content (AvgIpc) is 2.91. The number of aryl methyl sites for hydroxylation is 2. The topological polar surface area (TPSA) is 59.3 Å². The molecule has 0 aliphatic carbocycles. The van der Waals surface area contributed by atoms with Crippen molar-refractivity contribution in [1.29, 1.82) is 0 Å². The number of carbonyl (C=O) groups excluding carboxylic acids is 1. The Morgan fingerprint density at radius 2 is 2.00 bits per heavy atom. The van der Waals surface area contributed by atoms with Gasteiger partial charge in [-0.1, -0.05) is 6.07 Å². The van der Waals surface area contributed by atoms with Crippen LogP contribution in [-0.4, -0.2) is 21.7 Å². The van der Waals surface area contributed by atoms with Gasteiger partial charge in [0.15, 0.2) is 0 Å². The zero-order valence-corrected chi connectivity index (χ0v) is 13.8. The standard InChI is InChI=1S/C18H16F2N4O/c1-3-24-11(2)22-16-9-12(7-8-17(16)24)18(25)23-21-10-13-14(19)5-4-6-15(13)20/h4-10H,3H2,1-2H3,(H,23,25). The summed E-state index contributed by atoms with van der Waals surface area (Å²) in [5.41, 5.74) is 3.96. The number of nitrogens with zero attached hydrogens (tertiary/aromatic N) is 3. The van der Waals surface area contributed by atoms with Crippen LogP contribution in [0.4, 0.5) is 8.78 Å². The van der Waals surface area contributed by atoms with E-state index < -0.39 is 17.5 Å². The maximum Gasteiger partial charge on any atom is 0.271 e. The maximum absolute atomic E-state index is 13.5. The summed E-state index contributed by atoms with van der Waals surface area (Å²) in [6.45, 7) is 4.70. The van der Waals surface area contributed by atoms with Gasteiger partial charge in [0.1, 0.15) is 17.5 Å². The number of nitrogens with one attached hydrogen (secondary N) is 1. The zero-order valence-electron chi connectivity index (χ0n) is 13.8. The van der Waals surface area contributed by atoms with Gasteiger partial charge in [0.25, 0.3) is 5.91 Å². The fourth-order valence-corrected chi connectivity index (χ4v) is 2.64. The molecule has 3 rings (SSSR count). The molecule has 0 saturated carbocycles. The van der Waals surface area contributed by atoms with Gasteiger partial charge in [-0.2, -0.15) is 5.10 Å². The average molecular weight is 342 g/mol. The van der Waals surface area contributed by atoms with Gasteiger partial charge in [0.2, 0.25) is 0 Å². The predicted molar refractivity (Wildman–Crippen MR) is 91.6 cm³/mol. The highest BCUT2D eigenvalue weighted by molar-refractivity contribution is 5.98. The minimum Gasteiger partial charge on any atom is -0.329 e. The molecule has 0 bridgehead atoms. The lowest BCUT2D eigenvalue weighted by Crippen LogP contribution is -2.17. The smallest absolute Gasteiger partial charge is 0.271 e. The third-order valence-electron chi connectivity index (χ3n) is 3.88. The van der Waals surface area contributed by atoms with Crippen LogP contribution in [0.2, 0.25) is 0 Å². The second-order valence-corrected chi connectivity index (χ2v) is 5.44. The van der Waals surface area contributed by atoms with Crippen LogP contribution in [-0.2, 0) is 6.54 Å². The number of benzene rings is 2. The summed E-state index contributed by atoms with van der Waals surface area (Å²) in [7, 11) is 0. The number of amides is 1. The Balaban J connectivity index is 1.79. The maximum atomic E-state index is 13.5. The van der Waals surface area contributed by atoms with Gasteiger partial charge in [-0.15, -0.1) is 0 Å². The number of carbonyl (C=O) groups is 1. The summed E-state index contributed by atoms with van der Waals surface area (Å²) in [4.78, 5) is 16.6. The molecule has 2 aromatic carbocycles. The molecule has 3 aromatic rings. The molecule has 128 valence electrons. The van der Waals surface area contributed by atoms with Crippen molar-refractivity contribution in [1.82, 2.24) is 15.0 Å². The van der Waals surface area contributed by atoms with E-state index in [-0.39, 0.29) is 5.56 Å². The number of hydrazone groups is 1. The lowest BCUT2D eigenvalue weighted by atomic mass is 10.2. The van der Waals surface area contributed by atoms with Crippen molar-refractivity contribution in [3.05, 3.63) is 65.0 Å². The molecule has 5 nitrogen and oxygen atoms in total. The second-order valence-electron chi connectivity index (χ2n) is 5.44. The molecule has 0 atom stereocenters. The van der Waals surface area contributed by atoms with E-state index in [2.05, 4.69) is 15.5 Å². The molecular formula is C18H16F2N4O. The normalized spacial score (nSPS) is 11.4. The molecule has 1 amide bonds. The third kappa shape index (κ3) is 3.26. The molecular weight excluding hydrogens is 326 g/mol. The van der Waals surface area contributed by atoms with Crippen LogP contribution < -0.4 is 5.43 Å². The number of aromatic nitrogens is 2. The predicted octanol–water partition coefficient (Wildman–Crippen LogP) is 3.41. The van der Waals surface area contributed by atoms with Gasteiger partial charge < -0.3 is 4.57 Å². The lowest BCUT2D eigenvalue weighted by Gasteiger charge is -2.03. The van der Waals surface area contributed by atoms with Crippen LogP contribution >= 0.6 is 0 Å². The minimum atomic E-state index is -0.750. The summed E-state index contributed by atoms with van der Waals surface area (Å²) in [6, 6.07) is 8.62. The molecule has 1 N–H and O–H groups in total. The zero-order chi connectivity index (χ0) is 18.0. The number of hydrogen-bond acceptors (Lipinski definition) is 3. The summed E-state index contributed by atoms with van der Waals surface area (Å²) in [5.74, 6) is -1.12. The molecule has 25 heavy (non-hydrogen) atoms. The first kappa shape index (κ1) is 16.8. The van der Waals surface area contributed by atoms with Gasteiger partial charge >= 0.3 is 0 Å². The third-order valence-corrected chi connectivity index (χ3v) is 3.88. The van der Waals surface area contributed by atoms with Gasteiger partial charge in [0.05, 0.1) is 22.8 Å². The number of hydrogen-bond donors (Lipinski definition) is 1. The molecule has 7 heteroatoms. The molecule has 0 unspecified atom stereocenters. The Labute approximate surface area is 143 Å². The highest BCUT2D eigenvalue weighted by Gasteiger charge is 2.11. The van der Waals surface area contributed by atoms with Gasteiger partial charge in [0, 0.05) is 12.1 Å². The van der Waals surface area contributed by atoms with E-state index in [0.717, 1.165) is 36.2 Å². The highest BCUT2D eigenvalue weighted by Crippen LogP contribution is 2.17. The van der Waals surface area contributed by atoms with Crippen molar-refractivity contribution in [2.75, 3.05) is 0 Å². The summed E-state index contributed by atoms with van der Waals surface area (Å²) in [6.07, 6.45) is 0.942. The van der Waals surface area contributed by atoms with E-state index in [1.165, 1.54) is 6.07 Å². The van der Waals surface area contributed by atoms with Crippen LogP contribution in [0.5, 0.6) is 0 Å². The highest BCUT2D eigenvalue weighted by atomic mass is 19.1. The first-order valence-corrected chi connectivity index (χ1v) is 7.75. The van der Waals surface area contributed by atoms with Crippen molar-refractivity contribution in [3.63, 3.8) is 0 Å². The fourth-order valence-electron chi connectivity index (χ4n) is 2.64.